The van der Waals surface area contributed by atoms with E-state index < -0.39 is 0 Å². The van der Waals surface area contributed by atoms with Crippen LogP contribution in [0.15, 0.2) is 65.2 Å². The summed E-state index contributed by atoms with van der Waals surface area (Å²) in [5.74, 6) is 2.44. The van der Waals surface area contributed by atoms with Gasteiger partial charge in [0, 0.05) is 0 Å². The number of hydrogen-bond acceptors (Lipinski definition) is 6. The molecule has 1 heterocycles. The molecule has 0 saturated heterocycles. The van der Waals surface area contributed by atoms with Crippen molar-refractivity contribution in [3.05, 3.63) is 83.2 Å². The fourth-order valence-corrected chi connectivity index (χ4v) is 3.47. The van der Waals surface area contributed by atoms with Crippen molar-refractivity contribution in [2.24, 2.45) is 0 Å². The largest absolute Gasteiger partial charge is 0.497 e. The van der Waals surface area contributed by atoms with E-state index in [9.17, 15) is 4.79 Å². The Bertz CT molecular complexity index is 1230. The highest BCUT2D eigenvalue weighted by Crippen LogP contribution is 2.28. The summed E-state index contributed by atoms with van der Waals surface area (Å²) < 4.78 is 22.1. The number of benzene rings is 3. The normalized spacial score (nSPS) is 10.8. The second kappa shape index (κ2) is 10.1. The molecule has 1 aromatic heterocycles. The average molecular weight is 447 g/mol. The maximum absolute atomic E-state index is 13.0. The Kier molecular flexibility index (Phi) is 6.78. The molecule has 0 aliphatic heterocycles. The molecule has 0 aliphatic carbocycles. The zero-order chi connectivity index (χ0) is 23.2. The molecule has 0 fully saturated rings. The quantitative estimate of drug-likeness (QED) is 0.371. The number of nitrogens with one attached hydrogen (secondary N) is 1. The molecule has 4 rings (SSSR count). The first-order valence-electron chi connectivity index (χ1n) is 10.7. The Hall–Kier alpha value is -4.00. The molecule has 4 aromatic rings. The van der Waals surface area contributed by atoms with Gasteiger partial charge in [-0.1, -0.05) is 29.4 Å². The van der Waals surface area contributed by atoms with Crippen molar-refractivity contribution in [1.82, 2.24) is 10.5 Å². The Labute approximate surface area is 192 Å². The molecule has 0 bridgehead atoms. The highest BCUT2D eigenvalue weighted by atomic mass is 16.5. The van der Waals surface area contributed by atoms with E-state index in [1.807, 2.05) is 74.5 Å². The van der Waals surface area contributed by atoms with Crippen LogP contribution in [0.2, 0.25) is 0 Å². The van der Waals surface area contributed by atoms with Gasteiger partial charge in [0.15, 0.2) is 0 Å². The summed E-state index contributed by atoms with van der Waals surface area (Å²) in [5.41, 5.74) is 2.11. The minimum atomic E-state index is -0.229. The fraction of sp³-hybridized carbons (Fsp3) is 0.231. The van der Waals surface area contributed by atoms with Crippen LogP contribution in [0.4, 0.5) is 0 Å². The second-order valence-electron chi connectivity index (χ2n) is 7.57. The predicted octanol–water partition coefficient (Wildman–Crippen LogP) is 4.84. The number of amides is 1. The molecule has 0 saturated carbocycles. The lowest BCUT2D eigenvalue weighted by molar-refractivity contribution is 0.0942. The second-order valence-corrected chi connectivity index (χ2v) is 7.57. The van der Waals surface area contributed by atoms with Crippen LogP contribution in [-0.4, -0.2) is 31.3 Å². The zero-order valence-electron chi connectivity index (χ0n) is 18.9. The number of carbonyl (C=O) groups excluding carboxylic acids is 1. The lowest BCUT2D eigenvalue weighted by atomic mass is 10.1. The summed E-state index contributed by atoms with van der Waals surface area (Å²) in [4.78, 5) is 13.0. The minimum absolute atomic E-state index is 0.229. The van der Waals surface area contributed by atoms with E-state index in [-0.39, 0.29) is 12.5 Å². The lowest BCUT2D eigenvalue weighted by Crippen LogP contribution is -2.28. The van der Waals surface area contributed by atoms with Crippen LogP contribution < -0.4 is 19.5 Å². The van der Waals surface area contributed by atoms with Gasteiger partial charge in [0.2, 0.25) is 0 Å². The maximum atomic E-state index is 13.0. The zero-order valence-corrected chi connectivity index (χ0v) is 18.9. The number of methoxy groups -OCH3 is 1. The van der Waals surface area contributed by atoms with Crippen molar-refractivity contribution in [2.45, 2.75) is 20.5 Å². The van der Waals surface area contributed by atoms with Gasteiger partial charge in [-0.25, -0.2) is 0 Å². The summed E-state index contributed by atoms with van der Waals surface area (Å²) in [5, 5.41) is 8.83. The predicted molar refractivity (Wildman–Crippen MR) is 125 cm³/mol. The Morgan fingerprint density at radius 2 is 1.67 bits per heavy atom. The first-order chi connectivity index (χ1) is 16.0. The third-order valence-corrected chi connectivity index (χ3v) is 5.36. The highest BCUT2D eigenvalue weighted by Gasteiger charge is 2.16. The molecule has 7 nitrogen and oxygen atoms in total. The molecule has 0 unspecified atom stereocenters. The van der Waals surface area contributed by atoms with Crippen molar-refractivity contribution in [1.29, 1.82) is 0 Å². The molecule has 0 atom stereocenters. The van der Waals surface area contributed by atoms with Gasteiger partial charge >= 0.3 is 0 Å². The van der Waals surface area contributed by atoms with Crippen molar-refractivity contribution in [3.8, 4) is 17.2 Å². The van der Waals surface area contributed by atoms with Crippen LogP contribution in [0.5, 0.6) is 17.2 Å². The smallest absolute Gasteiger partial charge is 0.255 e. The first-order valence-corrected chi connectivity index (χ1v) is 10.7. The number of hydrogen-bond donors (Lipinski definition) is 1. The topological polar surface area (TPSA) is 82.8 Å². The third kappa shape index (κ3) is 5.26. The van der Waals surface area contributed by atoms with Crippen LogP contribution in [0.25, 0.3) is 10.8 Å². The Morgan fingerprint density at radius 1 is 0.970 bits per heavy atom. The number of rotatable bonds is 9. The van der Waals surface area contributed by atoms with Gasteiger partial charge in [-0.15, -0.1) is 0 Å². The van der Waals surface area contributed by atoms with Crippen LogP contribution in [0.1, 0.15) is 27.4 Å². The molecule has 33 heavy (non-hydrogen) atoms. The molecule has 0 aliphatic rings. The molecule has 170 valence electrons. The summed E-state index contributed by atoms with van der Waals surface area (Å²) in [6.07, 6.45) is 0. The van der Waals surface area contributed by atoms with Gasteiger partial charge in [0.25, 0.3) is 5.91 Å². The standard InChI is InChI=1S/C26H26N2O5/c1-17-24(18(2)33-28-17)16-32-25-15-20-7-5-4-6-19(20)14-23(25)26(29)27-12-13-31-22-10-8-21(30-3)9-11-22/h4-11,14-15H,12-13,16H2,1-3H3,(H,27,29). The van der Waals surface area contributed by atoms with Gasteiger partial charge in [-0.3, -0.25) is 4.79 Å². The van der Waals surface area contributed by atoms with E-state index in [2.05, 4.69) is 10.5 Å². The van der Waals surface area contributed by atoms with Crippen molar-refractivity contribution in [2.75, 3.05) is 20.3 Å². The van der Waals surface area contributed by atoms with Crippen molar-refractivity contribution in [3.63, 3.8) is 0 Å². The maximum Gasteiger partial charge on any atom is 0.255 e. The number of fused-ring (bicyclic) bond motifs is 1. The number of nitrogens with zero attached hydrogens (tertiary/aromatic N) is 1. The van der Waals surface area contributed by atoms with Crippen LogP contribution in [-0.2, 0) is 6.61 Å². The third-order valence-electron chi connectivity index (χ3n) is 5.36. The number of aromatic nitrogens is 1. The van der Waals surface area contributed by atoms with Crippen LogP contribution in [0.3, 0.4) is 0 Å². The molecule has 1 amide bonds. The van der Waals surface area contributed by atoms with Gasteiger partial charge in [0.1, 0.15) is 36.2 Å². The molecule has 3 aromatic carbocycles. The SMILES string of the molecule is COc1ccc(OCCNC(=O)c2cc3ccccc3cc2OCc2c(C)noc2C)cc1. The number of ether oxygens (including phenoxy) is 3. The van der Waals surface area contributed by atoms with E-state index in [1.54, 1.807) is 7.11 Å². The summed E-state index contributed by atoms with van der Waals surface area (Å²) in [6, 6.07) is 18.9. The average Bonchev–Trinajstić information content (AvgIpc) is 3.17. The molecular formula is C26H26N2O5. The number of aryl methyl sites for hydroxylation is 2. The van der Waals surface area contributed by atoms with Crippen molar-refractivity contribution < 1.29 is 23.5 Å². The van der Waals surface area contributed by atoms with Crippen LogP contribution in [0, 0.1) is 13.8 Å². The molecule has 7 heteroatoms. The van der Waals surface area contributed by atoms with E-state index in [0.717, 1.165) is 27.8 Å². The van der Waals surface area contributed by atoms with Gasteiger partial charge in [-0.05, 0) is 61.0 Å². The van der Waals surface area contributed by atoms with E-state index in [0.29, 0.717) is 36.0 Å². The lowest BCUT2D eigenvalue weighted by Gasteiger charge is -2.14. The van der Waals surface area contributed by atoms with E-state index in [4.69, 9.17) is 18.7 Å². The van der Waals surface area contributed by atoms with E-state index in [1.165, 1.54) is 0 Å². The van der Waals surface area contributed by atoms with Gasteiger partial charge < -0.3 is 24.1 Å². The first kappa shape index (κ1) is 22.2. The molecule has 1 N–H and O–H groups in total. The Morgan fingerprint density at radius 3 is 2.33 bits per heavy atom. The summed E-state index contributed by atoms with van der Waals surface area (Å²) in [7, 11) is 1.62. The highest BCUT2D eigenvalue weighted by molar-refractivity contribution is 6.01. The fourth-order valence-electron chi connectivity index (χ4n) is 3.47. The molecular weight excluding hydrogens is 420 g/mol. The minimum Gasteiger partial charge on any atom is -0.497 e. The van der Waals surface area contributed by atoms with Gasteiger partial charge in [-0.2, -0.15) is 0 Å². The summed E-state index contributed by atoms with van der Waals surface area (Å²) >= 11 is 0. The van der Waals surface area contributed by atoms with Crippen LogP contribution >= 0.6 is 0 Å². The van der Waals surface area contributed by atoms with E-state index >= 15 is 0 Å². The Balaban J connectivity index is 1.45. The van der Waals surface area contributed by atoms with Gasteiger partial charge in [0.05, 0.1) is 30.5 Å². The number of carbonyl (C=O) groups is 1. The molecule has 0 spiro atoms. The monoisotopic (exact) mass is 446 g/mol. The van der Waals surface area contributed by atoms with Crippen molar-refractivity contribution >= 4 is 16.7 Å². The summed E-state index contributed by atoms with van der Waals surface area (Å²) in [6.45, 7) is 4.66. The molecule has 0 radical (unpaired) electrons.